The third-order valence-electron chi connectivity index (χ3n) is 3.27. The molecule has 1 aromatic carbocycles. The first-order valence-electron chi connectivity index (χ1n) is 6.32. The number of carboxylic acids is 1. The number of carbonyl (C=O) groups excluding carboxylic acids is 2. The summed E-state index contributed by atoms with van der Waals surface area (Å²) in [4.78, 5) is 36.9. The summed E-state index contributed by atoms with van der Waals surface area (Å²) < 4.78 is 0. The molecule has 0 atom stereocenters. The van der Waals surface area contributed by atoms with Gasteiger partial charge in [-0.1, -0.05) is 12.1 Å². The Morgan fingerprint density at radius 2 is 1.80 bits per heavy atom. The van der Waals surface area contributed by atoms with Crippen molar-refractivity contribution in [1.29, 1.82) is 0 Å². The van der Waals surface area contributed by atoms with Crippen LogP contribution in [0.3, 0.4) is 0 Å². The average molecular weight is 276 g/mol. The number of nitrogens with zero attached hydrogens (tertiary/aromatic N) is 2. The highest BCUT2D eigenvalue weighted by Crippen LogP contribution is 2.18. The van der Waals surface area contributed by atoms with Crippen LogP contribution in [0.4, 0.5) is 5.69 Å². The van der Waals surface area contributed by atoms with Crippen molar-refractivity contribution < 1.29 is 19.5 Å². The number of amides is 2. The zero-order valence-corrected chi connectivity index (χ0v) is 11.2. The highest BCUT2D eigenvalue weighted by atomic mass is 16.4. The van der Waals surface area contributed by atoms with E-state index in [0.717, 1.165) is 5.56 Å². The van der Waals surface area contributed by atoms with Gasteiger partial charge in [-0.3, -0.25) is 14.4 Å². The second kappa shape index (κ2) is 5.73. The smallest absolute Gasteiger partial charge is 0.303 e. The summed E-state index contributed by atoms with van der Waals surface area (Å²) in [6.07, 6.45) is 0.524. The second-order valence-corrected chi connectivity index (χ2v) is 4.79. The van der Waals surface area contributed by atoms with Gasteiger partial charge in [-0.05, 0) is 24.1 Å². The minimum absolute atomic E-state index is 0.0454. The summed E-state index contributed by atoms with van der Waals surface area (Å²) in [6.45, 7) is 0.128. The Kier molecular flexibility index (Phi) is 4.02. The molecule has 1 aliphatic rings. The molecule has 1 fully saturated rings. The van der Waals surface area contributed by atoms with Gasteiger partial charge in [0.25, 0.3) is 0 Å². The zero-order chi connectivity index (χ0) is 14.7. The molecule has 0 aliphatic carbocycles. The molecule has 0 spiro atoms. The lowest BCUT2D eigenvalue weighted by atomic mass is 10.1. The fourth-order valence-electron chi connectivity index (χ4n) is 2.05. The van der Waals surface area contributed by atoms with Crippen molar-refractivity contribution in [2.45, 2.75) is 12.8 Å². The molecule has 1 saturated heterocycles. The van der Waals surface area contributed by atoms with Gasteiger partial charge < -0.3 is 14.9 Å². The standard InChI is InChI=1S/C14H16N2O4/c1-15-8-13(18)16(9-12(15)17)11-5-2-10(3-6-11)4-7-14(19)20/h2-3,5-6H,4,7-9H2,1H3,(H,19,20). The fourth-order valence-corrected chi connectivity index (χ4v) is 2.05. The van der Waals surface area contributed by atoms with Crippen molar-refractivity contribution >= 4 is 23.5 Å². The van der Waals surface area contributed by atoms with Gasteiger partial charge in [0, 0.05) is 19.2 Å². The average Bonchev–Trinajstić information content (AvgIpc) is 2.41. The Labute approximate surface area is 116 Å². The molecule has 1 aliphatic heterocycles. The van der Waals surface area contributed by atoms with Crippen molar-refractivity contribution in [3.05, 3.63) is 29.8 Å². The number of carbonyl (C=O) groups is 3. The quantitative estimate of drug-likeness (QED) is 0.869. The number of hydrogen-bond donors (Lipinski definition) is 1. The van der Waals surface area contributed by atoms with Gasteiger partial charge in [0.05, 0.1) is 6.54 Å². The Bertz CT molecular complexity index is 539. The van der Waals surface area contributed by atoms with Gasteiger partial charge in [0.15, 0.2) is 0 Å². The molecule has 1 heterocycles. The molecule has 1 aromatic rings. The summed E-state index contributed by atoms with van der Waals surface area (Å²) in [6, 6.07) is 7.06. The number of benzene rings is 1. The third-order valence-corrected chi connectivity index (χ3v) is 3.27. The molecule has 0 radical (unpaired) electrons. The van der Waals surface area contributed by atoms with Crippen LogP contribution in [0.15, 0.2) is 24.3 Å². The topological polar surface area (TPSA) is 77.9 Å². The normalized spacial score (nSPS) is 15.7. The van der Waals surface area contributed by atoms with Crippen LogP contribution in [0.5, 0.6) is 0 Å². The van der Waals surface area contributed by atoms with Gasteiger partial charge in [-0.15, -0.1) is 0 Å². The van der Waals surface area contributed by atoms with Gasteiger partial charge in [-0.25, -0.2) is 0 Å². The maximum absolute atomic E-state index is 11.9. The molecule has 6 nitrogen and oxygen atoms in total. The van der Waals surface area contributed by atoms with E-state index in [9.17, 15) is 14.4 Å². The van der Waals surface area contributed by atoms with Gasteiger partial charge in [0.2, 0.25) is 11.8 Å². The van der Waals surface area contributed by atoms with E-state index in [2.05, 4.69) is 0 Å². The summed E-state index contributed by atoms with van der Waals surface area (Å²) >= 11 is 0. The van der Waals surface area contributed by atoms with Crippen LogP contribution < -0.4 is 4.90 Å². The molecule has 1 N–H and O–H groups in total. The number of aliphatic carboxylic acids is 1. The van der Waals surface area contributed by atoms with Crippen molar-refractivity contribution in [2.24, 2.45) is 0 Å². The first-order chi connectivity index (χ1) is 9.47. The molecular formula is C14H16N2O4. The van der Waals surface area contributed by atoms with Crippen LogP contribution in [0.2, 0.25) is 0 Å². The van der Waals surface area contributed by atoms with Crippen LogP contribution >= 0.6 is 0 Å². The largest absolute Gasteiger partial charge is 0.481 e. The number of carboxylic acid groups (broad SMARTS) is 1. The molecule has 106 valence electrons. The highest BCUT2D eigenvalue weighted by molar-refractivity contribution is 6.04. The SMILES string of the molecule is CN1CC(=O)N(c2ccc(CCC(=O)O)cc2)CC1=O. The van der Waals surface area contributed by atoms with E-state index in [0.29, 0.717) is 12.1 Å². The van der Waals surface area contributed by atoms with E-state index in [1.165, 1.54) is 9.80 Å². The molecule has 2 amide bonds. The summed E-state index contributed by atoms with van der Waals surface area (Å²) in [5.74, 6) is -1.06. The van der Waals surface area contributed by atoms with Crippen LogP contribution in [-0.2, 0) is 20.8 Å². The Hall–Kier alpha value is -2.37. The maximum Gasteiger partial charge on any atom is 0.303 e. The Balaban J connectivity index is 2.07. The van der Waals surface area contributed by atoms with Crippen LogP contribution in [0.1, 0.15) is 12.0 Å². The molecular weight excluding hydrogens is 260 g/mol. The molecule has 0 aromatic heterocycles. The zero-order valence-electron chi connectivity index (χ0n) is 11.2. The Morgan fingerprint density at radius 3 is 2.40 bits per heavy atom. The van der Waals surface area contributed by atoms with E-state index in [1.54, 1.807) is 31.3 Å². The van der Waals surface area contributed by atoms with Crippen molar-refractivity contribution in [2.75, 3.05) is 25.0 Å². The number of anilines is 1. The lowest BCUT2D eigenvalue weighted by Gasteiger charge is -2.31. The summed E-state index contributed by atoms with van der Waals surface area (Å²) in [5, 5.41) is 8.63. The van der Waals surface area contributed by atoms with E-state index in [1.807, 2.05) is 0 Å². The molecule has 20 heavy (non-hydrogen) atoms. The number of aryl methyl sites for hydroxylation is 1. The molecule has 0 saturated carbocycles. The predicted molar refractivity (Wildman–Crippen MR) is 72.4 cm³/mol. The molecule has 0 bridgehead atoms. The fraction of sp³-hybridized carbons (Fsp3) is 0.357. The van der Waals surface area contributed by atoms with Crippen LogP contribution in [0.25, 0.3) is 0 Å². The van der Waals surface area contributed by atoms with Crippen LogP contribution in [-0.4, -0.2) is 47.9 Å². The van der Waals surface area contributed by atoms with Gasteiger partial charge >= 0.3 is 5.97 Å². The van der Waals surface area contributed by atoms with Gasteiger partial charge in [0.1, 0.15) is 6.54 Å². The van der Waals surface area contributed by atoms with Crippen LogP contribution in [0, 0.1) is 0 Å². The summed E-state index contributed by atoms with van der Waals surface area (Å²) in [7, 11) is 1.60. The van der Waals surface area contributed by atoms with Crippen molar-refractivity contribution in [1.82, 2.24) is 4.90 Å². The van der Waals surface area contributed by atoms with Crippen molar-refractivity contribution in [3.63, 3.8) is 0 Å². The number of piperazine rings is 1. The minimum atomic E-state index is -0.839. The molecule has 2 rings (SSSR count). The second-order valence-electron chi connectivity index (χ2n) is 4.79. The monoisotopic (exact) mass is 276 g/mol. The van der Waals surface area contributed by atoms with E-state index in [-0.39, 0.29) is 31.3 Å². The van der Waals surface area contributed by atoms with E-state index >= 15 is 0 Å². The number of hydrogen-bond acceptors (Lipinski definition) is 3. The number of rotatable bonds is 4. The Morgan fingerprint density at radius 1 is 1.15 bits per heavy atom. The van der Waals surface area contributed by atoms with Crippen molar-refractivity contribution in [3.8, 4) is 0 Å². The molecule has 0 unspecified atom stereocenters. The van der Waals surface area contributed by atoms with E-state index < -0.39 is 5.97 Å². The first kappa shape index (κ1) is 14.0. The minimum Gasteiger partial charge on any atom is -0.481 e. The van der Waals surface area contributed by atoms with E-state index in [4.69, 9.17) is 5.11 Å². The number of likely N-dealkylation sites (N-methyl/N-ethyl adjacent to an activating group) is 1. The predicted octanol–water partition coefficient (Wildman–Crippen LogP) is 0.509. The summed E-state index contributed by atoms with van der Waals surface area (Å²) in [5.41, 5.74) is 1.56. The lowest BCUT2D eigenvalue weighted by Crippen LogP contribution is -2.52. The highest BCUT2D eigenvalue weighted by Gasteiger charge is 2.28. The van der Waals surface area contributed by atoms with Gasteiger partial charge in [-0.2, -0.15) is 0 Å². The lowest BCUT2D eigenvalue weighted by molar-refractivity contribution is -0.137. The maximum atomic E-state index is 11.9. The molecule has 6 heteroatoms. The third kappa shape index (κ3) is 3.14. The first-order valence-corrected chi connectivity index (χ1v) is 6.32.